The maximum atomic E-state index is 6.13. The predicted octanol–water partition coefficient (Wildman–Crippen LogP) is 2.25. The van der Waals surface area contributed by atoms with Crippen LogP contribution in [0.4, 0.5) is 0 Å². The number of fused-ring (bicyclic) bond motifs is 1. The molecule has 1 fully saturated rings. The van der Waals surface area contributed by atoms with E-state index < -0.39 is 0 Å². The van der Waals surface area contributed by atoms with Crippen LogP contribution in [0.5, 0.6) is 0 Å². The molecule has 0 radical (unpaired) electrons. The van der Waals surface area contributed by atoms with Gasteiger partial charge in [0.25, 0.3) is 0 Å². The summed E-state index contributed by atoms with van der Waals surface area (Å²) in [6.45, 7) is 12.4. The van der Waals surface area contributed by atoms with Crippen LogP contribution >= 0.6 is 0 Å². The molecule has 0 spiro atoms. The topological polar surface area (TPSA) is 35.8 Å². The van der Waals surface area contributed by atoms with Gasteiger partial charge in [0.15, 0.2) is 0 Å². The fourth-order valence-corrected chi connectivity index (χ4v) is 2.56. The minimum Gasteiger partial charge on any atom is -0.399 e. The monoisotopic (exact) mass is 272 g/mol. The molecular weight excluding hydrogens is 251 g/mol. The summed E-state index contributed by atoms with van der Waals surface area (Å²) in [5, 5.41) is 4.43. The molecule has 0 atom stereocenters. The lowest BCUT2D eigenvalue weighted by Gasteiger charge is -2.32. The van der Waals surface area contributed by atoms with Gasteiger partial charge in [-0.2, -0.15) is 5.10 Å². The lowest BCUT2D eigenvalue weighted by atomic mass is 9.76. The summed E-state index contributed by atoms with van der Waals surface area (Å²) in [7, 11) is -0.319. The molecule has 0 aliphatic carbocycles. The van der Waals surface area contributed by atoms with E-state index >= 15 is 0 Å². The van der Waals surface area contributed by atoms with Gasteiger partial charge in [-0.1, -0.05) is 0 Å². The van der Waals surface area contributed by atoms with Crippen molar-refractivity contribution in [3.05, 3.63) is 29.6 Å². The molecule has 4 nitrogen and oxygen atoms in total. The molecule has 0 saturated carbocycles. The maximum Gasteiger partial charge on any atom is 0.495 e. The van der Waals surface area contributed by atoms with Crippen molar-refractivity contribution in [3.63, 3.8) is 0 Å². The van der Waals surface area contributed by atoms with E-state index in [4.69, 9.17) is 9.31 Å². The van der Waals surface area contributed by atoms with Crippen molar-refractivity contribution >= 4 is 18.1 Å². The Kier molecular flexibility index (Phi) is 2.79. The number of aryl methyl sites for hydroxylation is 2. The van der Waals surface area contributed by atoms with Crippen LogP contribution in [0.1, 0.15) is 39.0 Å². The molecule has 2 aromatic rings. The second-order valence-corrected chi connectivity index (χ2v) is 6.60. The van der Waals surface area contributed by atoms with Gasteiger partial charge < -0.3 is 9.31 Å². The number of aromatic nitrogens is 2. The molecule has 0 N–H and O–H groups in total. The van der Waals surface area contributed by atoms with Gasteiger partial charge in [0.2, 0.25) is 0 Å². The van der Waals surface area contributed by atoms with Crippen LogP contribution in [-0.4, -0.2) is 27.9 Å². The van der Waals surface area contributed by atoms with Crippen molar-refractivity contribution in [1.82, 2.24) is 9.61 Å². The largest absolute Gasteiger partial charge is 0.495 e. The molecule has 106 valence electrons. The normalized spacial score (nSPS) is 20.8. The highest BCUT2D eigenvalue weighted by atomic mass is 16.7. The van der Waals surface area contributed by atoms with Crippen molar-refractivity contribution < 1.29 is 9.31 Å². The number of nitrogens with zero attached hydrogens (tertiary/aromatic N) is 2. The third-order valence-corrected chi connectivity index (χ3v) is 4.58. The highest BCUT2D eigenvalue weighted by Crippen LogP contribution is 2.36. The summed E-state index contributed by atoms with van der Waals surface area (Å²) in [4.78, 5) is 0. The number of hydrogen-bond donors (Lipinski definition) is 0. The quantitative estimate of drug-likeness (QED) is 0.747. The first kappa shape index (κ1) is 13.6. The minimum atomic E-state index is -0.319. The van der Waals surface area contributed by atoms with Crippen molar-refractivity contribution in [1.29, 1.82) is 0 Å². The number of hydrogen-bond acceptors (Lipinski definition) is 3. The van der Waals surface area contributed by atoms with Crippen LogP contribution in [0.25, 0.3) is 5.52 Å². The van der Waals surface area contributed by atoms with Crippen LogP contribution in [0.2, 0.25) is 0 Å². The van der Waals surface area contributed by atoms with E-state index in [0.717, 1.165) is 22.2 Å². The van der Waals surface area contributed by atoms with Gasteiger partial charge >= 0.3 is 7.12 Å². The minimum absolute atomic E-state index is 0.313. The molecule has 2 aromatic heterocycles. The van der Waals surface area contributed by atoms with Gasteiger partial charge in [-0.05, 0) is 64.7 Å². The van der Waals surface area contributed by atoms with Crippen LogP contribution in [0, 0.1) is 13.8 Å². The highest BCUT2D eigenvalue weighted by Gasteiger charge is 2.52. The van der Waals surface area contributed by atoms with Crippen LogP contribution in [-0.2, 0) is 9.31 Å². The zero-order valence-electron chi connectivity index (χ0n) is 13.0. The Morgan fingerprint density at radius 3 is 2.30 bits per heavy atom. The number of pyridine rings is 1. The first-order valence-electron chi connectivity index (χ1n) is 7.02. The Morgan fingerprint density at radius 1 is 1.10 bits per heavy atom. The Labute approximate surface area is 120 Å². The lowest BCUT2D eigenvalue weighted by molar-refractivity contribution is 0.00578. The lowest BCUT2D eigenvalue weighted by Crippen LogP contribution is -2.41. The molecule has 0 bridgehead atoms. The van der Waals surface area contributed by atoms with Crippen molar-refractivity contribution in [2.45, 2.75) is 52.7 Å². The van der Waals surface area contributed by atoms with Crippen LogP contribution in [0.3, 0.4) is 0 Å². The molecule has 3 rings (SSSR count). The highest BCUT2D eigenvalue weighted by molar-refractivity contribution is 6.62. The summed E-state index contributed by atoms with van der Waals surface area (Å²) in [6.07, 6.45) is 1.97. The van der Waals surface area contributed by atoms with Crippen LogP contribution < -0.4 is 5.46 Å². The van der Waals surface area contributed by atoms with E-state index in [1.54, 1.807) is 0 Å². The second kappa shape index (κ2) is 4.09. The Bertz CT molecular complexity index is 660. The van der Waals surface area contributed by atoms with Gasteiger partial charge in [0.05, 0.1) is 22.4 Å². The van der Waals surface area contributed by atoms with E-state index in [9.17, 15) is 0 Å². The smallest absolute Gasteiger partial charge is 0.399 e. The van der Waals surface area contributed by atoms with Crippen molar-refractivity contribution in [3.8, 4) is 0 Å². The Balaban J connectivity index is 2.06. The first-order valence-corrected chi connectivity index (χ1v) is 7.02. The predicted molar refractivity (Wildman–Crippen MR) is 80.4 cm³/mol. The molecule has 0 amide bonds. The summed E-state index contributed by atoms with van der Waals surface area (Å²) >= 11 is 0. The Hall–Kier alpha value is -1.33. The molecule has 1 aliphatic rings. The standard InChI is InChI=1S/C15H21BN2O2/c1-10-9-13-11(2)12(7-8-18(13)17-10)16-19-14(3,4)15(5,6)20-16/h7-9H,1-6H3. The van der Waals surface area contributed by atoms with E-state index in [0.29, 0.717) is 0 Å². The summed E-state index contributed by atoms with van der Waals surface area (Å²) in [6, 6.07) is 4.13. The molecule has 1 aliphatic heterocycles. The average Bonchev–Trinajstić information content (AvgIpc) is 2.78. The fourth-order valence-electron chi connectivity index (χ4n) is 2.56. The van der Waals surface area contributed by atoms with Gasteiger partial charge in [-0.25, -0.2) is 4.52 Å². The second-order valence-electron chi connectivity index (χ2n) is 6.60. The Morgan fingerprint density at radius 2 is 1.70 bits per heavy atom. The van der Waals surface area contributed by atoms with E-state index in [-0.39, 0.29) is 18.3 Å². The molecule has 20 heavy (non-hydrogen) atoms. The zero-order chi connectivity index (χ0) is 14.7. The molecule has 0 aromatic carbocycles. The van der Waals surface area contributed by atoms with Crippen molar-refractivity contribution in [2.24, 2.45) is 0 Å². The van der Waals surface area contributed by atoms with Gasteiger partial charge in [-0.3, -0.25) is 0 Å². The summed E-state index contributed by atoms with van der Waals surface area (Å²) in [5.41, 5.74) is 3.73. The molecular formula is C15H21BN2O2. The van der Waals surface area contributed by atoms with E-state index in [2.05, 4.69) is 45.8 Å². The molecule has 0 unspecified atom stereocenters. The molecule has 5 heteroatoms. The van der Waals surface area contributed by atoms with E-state index in [1.165, 1.54) is 0 Å². The van der Waals surface area contributed by atoms with E-state index in [1.807, 2.05) is 23.7 Å². The zero-order valence-corrected chi connectivity index (χ0v) is 13.0. The average molecular weight is 272 g/mol. The third-order valence-electron chi connectivity index (χ3n) is 4.58. The van der Waals surface area contributed by atoms with Crippen molar-refractivity contribution in [2.75, 3.05) is 0 Å². The number of rotatable bonds is 1. The SMILES string of the molecule is Cc1cc2c(C)c(B3OC(C)(C)C(C)(C)O3)ccn2n1. The maximum absolute atomic E-state index is 6.13. The van der Waals surface area contributed by atoms with Gasteiger partial charge in [0.1, 0.15) is 0 Å². The fraction of sp³-hybridized carbons (Fsp3) is 0.533. The third kappa shape index (κ3) is 1.88. The van der Waals surface area contributed by atoms with Gasteiger partial charge in [-0.15, -0.1) is 0 Å². The molecule has 1 saturated heterocycles. The molecule has 3 heterocycles. The summed E-state index contributed by atoms with van der Waals surface area (Å²) < 4.78 is 14.2. The summed E-state index contributed by atoms with van der Waals surface area (Å²) in [5.74, 6) is 0. The first-order chi connectivity index (χ1) is 9.21. The van der Waals surface area contributed by atoms with Gasteiger partial charge in [0, 0.05) is 6.20 Å². The van der Waals surface area contributed by atoms with Crippen LogP contribution in [0.15, 0.2) is 18.3 Å².